The molecule has 0 aliphatic carbocycles. The highest BCUT2D eigenvalue weighted by molar-refractivity contribution is 9.09. The molecule has 0 amide bonds. The van der Waals surface area contributed by atoms with Gasteiger partial charge < -0.3 is 9.47 Å². The van der Waals surface area contributed by atoms with Crippen LogP contribution in [0.15, 0.2) is 42.5 Å². The minimum atomic E-state index is -0.240. The molecule has 1 atom stereocenters. The molecule has 0 saturated heterocycles. The van der Waals surface area contributed by atoms with Gasteiger partial charge in [0, 0.05) is 0 Å². The van der Waals surface area contributed by atoms with E-state index >= 15 is 0 Å². The van der Waals surface area contributed by atoms with Crippen molar-refractivity contribution < 1.29 is 13.9 Å². The maximum absolute atomic E-state index is 12.9. The molecule has 2 nitrogen and oxygen atoms in total. The molecule has 0 saturated carbocycles. The first-order chi connectivity index (χ1) is 9.15. The maximum atomic E-state index is 12.9. The summed E-state index contributed by atoms with van der Waals surface area (Å²) in [6, 6.07) is 12.1. The van der Waals surface area contributed by atoms with Crippen LogP contribution in [0.4, 0.5) is 4.39 Å². The lowest BCUT2D eigenvalue weighted by Crippen LogP contribution is -1.96. The second kappa shape index (κ2) is 6.06. The zero-order valence-corrected chi connectivity index (χ0v) is 12.3. The van der Waals surface area contributed by atoms with Crippen LogP contribution in [-0.4, -0.2) is 14.2 Å². The molecule has 0 heterocycles. The highest BCUT2D eigenvalue weighted by Gasteiger charge is 2.13. The zero-order chi connectivity index (χ0) is 13.8. The number of rotatable bonds is 4. The van der Waals surface area contributed by atoms with Crippen molar-refractivity contribution in [3.63, 3.8) is 0 Å². The molecule has 2 rings (SSSR count). The van der Waals surface area contributed by atoms with Gasteiger partial charge in [-0.1, -0.05) is 34.1 Å². The molecule has 0 spiro atoms. The number of methoxy groups -OCH3 is 2. The van der Waals surface area contributed by atoms with Gasteiger partial charge >= 0.3 is 0 Å². The fraction of sp³-hybridized carbons (Fsp3) is 0.200. The van der Waals surface area contributed by atoms with Crippen molar-refractivity contribution in [2.45, 2.75) is 4.83 Å². The minimum Gasteiger partial charge on any atom is -0.493 e. The lowest BCUT2D eigenvalue weighted by atomic mass is 10.0. The molecule has 0 aromatic heterocycles. The van der Waals surface area contributed by atoms with E-state index in [1.54, 1.807) is 26.4 Å². The third kappa shape index (κ3) is 3.07. The monoisotopic (exact) mass is 324 g/mol. The highest BCUT2D eigenvalue weighted by Crippen LogP contribution is 2.36. The van der Waals surface area contributed by atoms with E-state index in [9.17, 15) is 4.39 Å². The Kier molecular flexibility index (Phi) is 4.43. The molecule has 1 unspecified atom stereocenters. The van der Waals surface area contributed by atoms with E-state index in [-0.39, 0.29) is 10.6 Å². The standard InChI is InChI=1S/C15H14BrFO2/c1-18-13-8-5-11(9-14(13)19-2)15(16)10-3-6-12(17)7-4-10/h3-9,15H,1-2H3. The molecule has 2 aromatic carbocycles. The van der Waals surface area contributed by atoms with Gasteiger partial charge in [-0.2, -0.15) is 0 Å². The number of hydrogen-bond donors (Lipinski definition) is 0. The summed E-state index contributed by atoms with van der Waals surface area (Å²) in [5.41, 5.74) is 2.00. The number of ether oxygens (including phenoxy) is 2. The molecular weight excluding hydrogens is 311 g/mol. The van der Waals surface area contributed by atoms with Crippen molar-refractivity contribution >= 4 is 15.9 Å². The Morgan fingerprint density at radius 2 is 1.47 bits per heavy atom. The average molecular weight is 325 g/mol. The molecule has 100 valence electrons. The normalized spacial score (nSPS) is 12.0. The molecule has 0 aliphatic rings. The van der Waals surface area contributed by atoms with Crippen molar-refractivity contribution in [1.82, 2.24) is 0 Å². The average Bonchev–Trinajstić information content (AvgIpc) is 2.46. The Morgan fingerprint density at radius 1 is 0.895 bits per heavy atom. The Hall–Kier alpha value is -1.55. The summed E-state index contributed by atoms with van der Waals surface area (Å²) in [5, 5.41) is 0. The molecular formula is C15H14BrFO2. The zero-order valence-electron chi connectivity index (χ0n) is 10.7. The van der Waals surface area contributed by atoms with E-state index in [2.05, 4.69) is 15.9 Å². The molecule has 0 aliphatic heterocycles. The summed E-state index contributed by atoms with van der Waals surface area (Å²) >= 11 is 3.61. The molecule has 2 aromatic rings. The van der Waals surface area contributed by atoms with Crippen LogP contribution in [0.5, 0.6) is 11.5 Å². The first-order valence-corrected chi connectivity index (χ1v) is 6.68. The van der Waals surface area contributed by atoms with Crippen molar-refractivity contribution in [3.8, 4) is 11.5 Å². The summed E-state index contributed by atoms with van der Waals surface area (Å²) in [4.78, 5) is -0.0205. The molecule has 0 bridgehead atoms. The summed E-state index contributed by atoms with van der Waals surface area (Å²) in [6.07, 6.45) is 0. The molecule has 19 heavy (non-hydrogen) atoms. The van der Waals surface area contributed by atoms with Gasteiger partial charge in [0.1, 0.15) is 5.82 Å². The van der Waals surface area contributed by atoms with Crippen molar-refractivity contribution in [2.75, 3.05) is 14.2 Å². The van der Waals surface area contributed by atoms with E-state index < -0.39 is 0 Å². The van der Waals surface area contributed by atoms with Crippen LogP contribution in [0.1, 0.15) is 16.0 Å². The van der Waals surface area contributed by atoms with Gasteiger partial charge in [-0.25, -0.2) is 4.39 Å². The van der Waals surface area contributed by atoms with Gasteiger partial charge in [-0.15, -0.1) is 0 Å². The second-order valence-electron chi connectivity index (χ2n) is 4.03. The lowest BCUT2D eigenvalue weighted by Gasteiger charge is -2.14. The molecule has 0 fully saturated rings. The summed E-state index contributed by atoms with van der Waals surface area (Å²) in [5.74, 6) is 1.12. The van der Waals surface area contributed by atoms with Crippen LogP contribution in [0.25, 0.3) is 0 Å². The quantitative estimate of drug-likeness (QED) is 0.779. The second-order valence-corrected chi connectivity index (χ2v) is 4.94. The fourth-order valence-corrected chi connectivity index (χ4v) is 2.42. The van der Waals surface area contributed by atoms with Crippen LogP contribution in [0.3, 0.4) is 0 Å². The van der Waals surface area contributed by atoms with E-state index in [0.717, 1.165) is 11.1 Å². The van der Waals surface area contributed by atoms with Gasteiger partial charge in [0.25, 0.3) is 0 Å². The third-order valence-electron chi connectivity index (χ3n) is 2.86. The topological polar surface area (TPSA) is 18.5 Å². The van der Waals surface area contributed by atoms with E-state index in [1.165, 1.54) is 12.1 Å². The maximum Gasteiger partial charge on any atom is 0.161 e. The van der Waals surface area contributed by atoms with Crippen LogP contribution < -0.4 is 9.47 Å². The largest absolute Gasteiger partial charge is 0.493 e. The van der Waals surface area contributed by atoms with Crippen LogP contribution in [-0.2, 0) is 0 Å². The van der Waals surface area contributed by atoms with Crippen LogP contribution in [0, 0.1) is 5.82 Å². The number of alkyl halides is 1. The van der Waals surface area contributed by atoms with Gasteiger partial charge in [0.15, 0.2) is 11.5 Å². The van der Waals surface area contributed by atoms with E-state index in [4.69, 9.17) is 9.47 Å². The number of hydrogen-bond acceptors (Lipinski definition) is 2. The Morgan fingerprint density at radius 3 is 2.05 bits per heavy atom. The molecule has 4 heteroatoms. The number of halogens is 2. The van der Waals surface area contributed by atoms with Gasteiger partial charge in [-0.3, -0.25) is 0 Å². The lowest BCUT2D eigenvalue weighted by molar-refractivity contribution is 0.354. The molecule has 0 radical (unpaired) electrons. The predicted octanol–water partition coefficient (Wildman–Crippen LogP) is 4.33. The van der Waals surface area contributed by atoms with Crippen LogP contribution in [0.2, 0.25) is 0 Å². The molecule has 0 N–H and O–H groups in total. The van der Waals surface area contributed by atoms with Gasteiger partial charge in [0.2, 0.25) is 0 Å². The van der Waals surface area contributed by atoms with Crippen molar-refractivity contribution in [3.05, 3.63) is 59.4 Å². The number of benzene rings is 2. The minimum absolute atomic E-state index is 0.0205. The summed E-state index contributed by atoms with van der Waals surface area (Å²) in [6.45, 7) is 0. The fourth-order valence-electron chi connectivity index (χ4n) is 1.83. The van der Waals surface area contributed by atoms with Gasteiger partial charge in [-0.05, 0) is 35.4 Å². The van der Waals surface area contributed by atoms with E-state index in [1.807, 2.05) is 18.2 Å². The Labute approximate surface area is 120 Å². The van der Waals surface area contributed by atoms with E-state index in [0.29, 0.717) is 11.5 Å². The highest BCUT2D eigenvalue weighted by atomic mass is 79.9. The Balaban J connectivity index is 2.33. The summed E-state index contributed by atoms with van der Waals surface area (Å²) in [7, 11) is 3.20. The van der Waals surface area contributed by atoms with Crippen LogP contribution >= 0.6 is 15.9 Å². The SMILES string of the molecule is COc1ccc(C(Br)c2ccc(F)cc2)cc1OC. The Bertz CT molecular complexity index is 555. The van der Waals surface area contributed by atoms with Crippen molar-refractivity contribution in [2.24, 2.45) is 0 Å². The smallest absolute Gasteiger partial charge is 0.161 e. The first kappa shape index (κ1) is 13.9. The third-order valence-corrected chi connectivity index (χ3v) is 3.92. The first-order valence-electron chi connectivity index (χ1n) is 5.77. The van der Waals surface area contributed by atoms with Crippen molar-refractivity contribution in [1.29, 1.82) is 0 Å². The predicted molar refractivity (Wildman–Crippen MR) is 76.7 cm³/mol. The summed E-state index contributed by atoms with van der Waals surface area (Å²) < 4.78 is 23.4. The van der Waals surface area contributed by atoms with Gasteiger partial charge in [0.05, 0.1) is 19.0 Å².